The molecule has 0 bridgehead atoms. The van der Waals surface area contributed by atoms with Crippen molar-refractivity contribution in [2.45, 2.75) is 32.4 Å². The molecule has 2 aromatic carbocycles. The summed E-state index contributed by atoms with van der Waals surface area (Å²) in [5.41, 5.74) is 2.62. The molecule has 3 aromatic rings. The number of aryl methyl sites for hydroxylation is 1. The molecule has 2 amide bonds. The number of anilines is 1. The van der Waals surface area contributed by atoms with E-state index in [2.05, 4.69) is 15.7 Å². The molecule has 1 atom stereocenters. The molecule has 7 nitrogen and oxygen atoms in total. The third kappa shape index (κ3) is 5.00. The molecule has 1 fully saturated rings. The van der Waals surface area contributed by atoms with Gasteiger partial charge in [-0.2, -0.15) is 5.10 Å². The van der Waals surface area contributed by atoms with Crippen LogP contribution in [-0.2, 0) is 11.3 Å². The highest BCUT2D eigenvalue weighted by Gasteiger charge is 2.23. The fourth-order valence-electron chi connectivity index (χ4n) is 3.75. The normalized spacial score (nSPS) is 15.5. The van der Waals surface area contributed by atoms with Gasteiger partial charge >= 0.3 is 0 Å². The van der Waals surface area contributed by atoms with Crippen molar-refractivity contribution in [3.05, 3.63) is 82.1 Å². The number of para-hydroxylation sites is 1. The van der Waals surface area contributed by atoms with Crippen LogP contribution in [-0.4, -0.2) is 40.9 Å². The zero-order valence-electron chi connectivity index (χ0n) is 17.8. The van der Waals surface area contributed by atoms with E-state index >= 15 is 0 Å². The van der Waals surface area contributed by atoms with Gasteiger partial charge in [-0.1, -0.05) is 54.1 Å². The van der Waals surface area contributed by atoms with E-state index in [4.69, 9.17) is 16.3 Å². The Bertz CT molecular complexity index is 1110. The smallest absolute Gasteiger partial charge is 0.260 e. The van der Waals surface area contributed by atoms with E-state index in [0.29, 0.717) is 30.0 Å². The second kappa shape index (κ2) is 9.97. The molecule has 32 heavy (non-hydrogen) atoms. The molecule has 0 radical (unpaired) electrons. The van der Waals surface area contributed by atoms with Crippen molar-refractivity contribution in [1.82, 2.24) is 15.1 Å². The maximum absolute atomic E-state index is 13.1. The first-order chi connectivity index (χ1) is 15.5. The van der Waals surface area contributed by atoms with Crippen LogP contribution in [0.1, 0.15) is 44.8 Å². The molecule has 1 aromatic heterocycles. The third-order valence-electron chi connectivity index (χ3n) is 5.40. The van der Waals surface area contributed by atoms with Gasteiger partial charge in [-0.15, -0.1) is 0 Å². The number of hydrogen-bond donors (Lipinski definition) is 2. The molecule has 2 heterocycles. The van der Waals surface area contributed by atoms with Gasteiger partial charge in [0.1, 0.15) is 5.15 Å². The van der Waals surface area contributed by atoms with Gasteiger partial charge in [0, 0.05) is 13.2 Å². The van der Waals surface area contributed by atoms with Crippen LogP contribution in [0.3, 0.4) is 0 Å². The van der Waals surface area contributed by atoms with Crippen LogP contribution in [0.15, 0.2) is 54.6 Å². The number of carbonyl (C=O) groups is 2. The van der Waals surface area contributed by atoms with E-state index in [-0.39, 0.29) is 22.7 Å². The van der Waals surface area contributed by atoms with Gasteiger partial charge in [-0.25, -0.2) is 4.68 Å². The highest BCUT2D eigenvalue weighted by molar-refractivity contribution is 6.33. The van der Waals surface area contributed by atoms with E-state index in [9.17, 15) is 9.59 Å². The van der Waals surface area contributed by atoms with E-state index in [0.717, 1.165) is 25.0 Å². The first-order valence-corrected chi connectivity index (χ1v) is 11.0. The van der Waals surface area contributed by atoms with Gasteiger partial charge in [0.25, 0.3) is 11.8 Å². The topological polar surface area (TPSA) is 85.2 Å². The molecule has 1 aliphatic heterocycles. The van der Waals surface area contributed by atoms with Crippen molar-refractivity contribution in [2.75, 3.05) is 18.5 Å². The number of ether oxygens (including phenoxy) is 1. The maximum Gasteiger partial charge on any atom is 0.260 e. The Morgan fingerprint density at radius 1 is 1.12 bits per heavy atom. The van der Waals surface area contributed by atoms with E-state index in [1.807, 2.05) is 30.3 Å². The molecule has 8 heteroatoms. The standard InChI is InChI=1S/C24H25ClN4O3/c1-16-21(22(25)29(28-16)15-17-8-3-2-4-9-17)24(31)27-20-12-6-5-11-19(20)23(30)26-14-18-10-7-13-32-18/h2-6,8-9,11-12,18H,7,10,13-15H2,1H3,(H,26,30)(H,27,31). The summed E-state index contributed by atoms with van der Waals surface area (Å²) >= 11 is 6.51. The fraction of sp³-hybridized carbons (Fsp3) is 0.292. The number of hydrogen-bond acceptors (Lipinski definition) is 4. The van der Waals surface area contributed by atoms with Crippen LogP contribution in [0.5, 0.6) is 0 Å². The molecule has 1 aliphatic rings. The third-order valence-corrected chi connectivity index (χ3v) is 5.79. The van der Waals surface area contributed by atoms with Crippen molar-refractivity contribution in [3.8, 4) is 0 Å². The van der Waals surface area contributed by atoms with Crippen molar-refractivity contribution >= 4 is 29.1 Å². The molecular weight excluding hydrogens is 428 g/mol. The minimum atomic E-state index is -0.411. The number of amides is 2. The average Bonchev–Trinajstić information content (AvgIpc) is 3.41. The van der Waals surface area contributed by atoms with Crippen molar-refractivity contribution in [2.24, 2.45) is 0 Å². The van der Waals surface area contributed by atoms with Crippen LogP contribution in [0.25, 0.3) is 0 Å². The second-order valence-electron chi connectivity index (χ2n) is 7.74. The highest BCUT2D eigenvalue weighted by atomic mass is 35.5. The largest absolute Gasteiger partial charge is 0.376 e. The lowest BCUT2D eigenvalue weighted by atomic mass is 10.1. The molecular formula is C24H25ClN4O3. The Labute approximate surface area is 191 Å². The van der Waals surface area contributed by atoms with Crippen LogP contribution in [0.4, 0.5) is 5.69 Å². The zero-order chi connectivity index (χ0) is 22.5. The van der Waals surface area contributed by atoms with Gasteiger partial charge in [-0.3, -0.25) is 9.59 Å². The van der Waals surface area contributed by atoms with Crippen LogP contribution < -0.4 is 10.6 Å². The van der Waals surface area contributed by atoms with E-state index < -0.39 is 5.91 Å². The first kappa shape index (κ1) is 22.0. The van der Waals surface area contributed by atoms with Gasteiger partial charge in [0.2, 0.25) is 0 Å². The average molecular weight is 453 g/mol. The Morgan fingerprint density at radius 2 is 1.88 bits per heavy atom. The van der Waals surface area contributed by atoms with Gasteiger partial charge in [0.15, 0.2) is 0 Å². The SMILES string of the molecule is Cc1nn(Cc2ccccc2)c(Cl)c1C(=O)Nc1ccccc1C(=O)NCC1CCCO1. The molecule has 0 saturated carbocycles. The summed E-state index contributed by atoms with van der Waals surface area (Å²) in [4.78, 5) is 25.8. The van der Waals surface area contributed by atoms with Gasteiger partial charge in [0.05, 0.1) is 35.2 Å². The number of carbonyl (C=O) groups excluding carboxylic acids is 2. The Hall–Kier alpha value is -3.16. The van der Waals surface area contributed by atoms with Gasteiger partial charge in [-0.05, 0) is 37.5 Å². The predicted molar refractivity (Wildman–Crippen MR) is 123 cm³/mol. The number of rotatable bonds is 7. The molecule has 166 valence electrons. The first-order valence-electron chi connectivity index (χ1n) is 10.6. The maximum atomic E-state index is 13.1. The number of aromatic nitrogens is 2. The summed E-state index contributed by atoms with van der Waals surface area (Å²) in [5, 5.41) is 10.4. The monoisotopic (exact) mass is 452 g/mol. The lowest BCUT2D eigenvalue weighted by molar-refractivity contribution is 0.0858. The molecule has 0 spiro atoms. The van der Waals surface area contributed by atoms with Crippen LogP contribution in [0, 0.1) is 6.92 Å². The number of halogens is 1. The van der Waals surface area contributed by atoms with E-state index in [1.165, 1.54) is 0 Å². The van der Waals surface area contributed by atoms with Gasteiger partial charge < -0.3 is 15.4 Å². The summed E-state index contributed by atoms with van der Waals surface area (Å²) in [5.74, 6) is -0.676. The number of benzene rings is 2. The Balaban J connectivity index is 1.49. The zero-order valence-corrected chi connectivity index (χ0v) is 18.6. The summed E-state index contributed by atoms with van der Waals surface area (Å²) in [7, 11) is 0. The number of nitrogens with zero attached hydrogens (tertiary/aromatic N) is 2. The molecule has 1 unspecified atom stereocenters. The van der Waals surface area contributed by atoms with Crippen LogP contribution >= 0.6 is 11.6 Å². The minimum absolute atomic E-state index is 0.0395. The molecule has 0 aliphatic carbocycles. The van der Waals surface area contributed by atoms with Crippen LogP contribution in [0.2, 0.25) is 5.15 Å². The van der Waals surface area contributed by atoms with Crippen molar-refractivity contribution < 1.29 is 14.3 Å². The Morgan fingerprint density at radius 3 is 2.62 bits per heavy atom. The summed E-state index contributed by atoms with van der Waals surface area (Å²) < 4.78 is 7.15. The Kier molecular flexibility index (Phi) is 6.87. The summed E-state index contributed by atoms with van der Waals surface area (Å²) in [6.45, 7) is 3.36. The molecule has 2 N–H and O–H groups in total. The highest BCUT2D eigenvalue weighted by Crippen LogP contribution is 2.24. The lowest BCUT2D eigenvalue weighted by Crippen LogP contribution is -2.32. The summed E-state index contributed by atoms with van der Waals surface area (Å²) in [6, 6.07) is 16.6. The quantitative estimate of drug-likeness (QED) is 0.566. The molecule has 4 rings (SSSR count). The second-order valence-corrected chi connectivity index (χ2v) is 8.10. The predicted octanol–water partition coefficient (Wildman–Crippen LogP) is 4.05. The lowest BCUT2D eigenvalue weighted by Gasteiger charge is -2.14. The summed E-state index contributed by atoms with van der Waals surface area (Å²) in [6.07, 6.45) is 1.98. The van der Waals surface area contributed by atoms with Crippen molar-refractivity contribution in [3.63, 3.8) is 0 Å². The number of nitrogens with one attached hydrogen (secondary N) is 2. The fourth-order valence-corrected chi connectivity index (χ4v) is 4.07. The van der Waals surface area contributed by atoms with E-state index in [1.54, 1.807) is 35.9 Å². The minimum Gasteiger partial charge on any atom is -0.376 e. The molecule has 1 saturated heterocycles. The van der Waals surface area contributed by atoms with Crippen molar-refractivity contribution in [1.29, 1.82) is 0 Å².